The Balaban J connectivity index is 2.24. The minimum Gasteiger partial charge on any atom is -0.458 e. The lowest BCUT2D eigenvalue weighted by atomic mass is 9.75. The molecule has 2 rings (SSSR count). The summed E-state index contributed by atoms with van der Waals surface area (Å²) >= 11 is 0. The number of carbonyl (C=O) groups excluding carboxylic acids is 2. The summed E-state index contributed by atoms with van der Waals surface area (Å²) in [5.41, 5.74) is 2.11. The third-order valence-corrected chi connectivity index (χ3v) is 6.45. The second-order valence-corrected chi connectivity index (χ2v) is 10.3. The van der Waals surface area contributed by atoms with Gasteiger partial charge in [0.05, 0.1) is 11.1 Å². The zero-order valence-electron chi connectivity index (χ0n) is 20.9. The van der Waals surface area contributed by atoms with E-state index in [0.29, 0.717) is 11.1 Å². The highest BCUT2D eigenvalue weighted by Crippen LogP contribution is 2.35. The van der Waals surface area contributed by atoms with E-state index in [1.54, 1.807) is 38.1 Å². The van der Waals surface area contributed by atoms with Gasteiger partial charge in [0.15, 0.2) is 0 Å². The Morgan fingerprint density at radius 1 is 0.781 bits per heavy atom. The summed E-state index contributed by atoms with van der Waals surface area (Å²) in [6.45, 7) is 16.5. The maximum absolute atomic E-state index is 13.2. The molecule has 2 aromatic rings. The first kappa shape index (κ1) is 25.6. The molecule has 0 bridgehead atoms. The monoisotopic (exact) mass is 438 g/mol. The molecule has 0 amide bonds. The van der Waals surface area contributed by atoms with Crippen molar-refractivity contribution >= 4 is 11.9 Å². The Bertz CT molecular complexity index is 939. The predicted octanol–water partition coefficient (Wildman–Crippen LogP) is 6.85. The van der Waals surface area contributed by atoms with Gasteiger partial charge < -0.3 is 9.47 Å². The number of ether oxygens (including phenoxy) is 2. The van der Waals surface area contributed by atoms with E-state index in [1.165, 1.54) is 5.56 Å². The highest BCUT2D eigenvalue weighted by atomic mass is 16.6. The van der Waals surface area contributed by atoms with E-state index >= 15 is 0 Å². The van der Waals surface area contributed by atoms with E-state index in [1.807, 2.05) is 18.2 Å². The van der Waals surface area contributed by atoms with Crippen LogP contribution in [0.3, 0.4) is 0 Å². The van der Waals surface area contributed by atoms with Crippen molar-refractivity contribution in [3.8, 4) is 0 Å². The highest BCUT2D eigenvalue weighted by molar-refractivity contribution is 5.92. The molecule has 0 fully saturated rings. The van der Waals surface area contributed by atoms with Gasteiger partial charge in [-0.3, -0.25) is 0 Å². The molecule has 32 heavy (non-hydrogen) atoms. The van der Waals surface area contributed by atoms with E-state index < -0.39 is 17.5 Å². The quantitative estimate of drug-likeness (QED) is 0.402. The second kappa shape index (κ2) is 9.89. The molecule has 0 N–H and O–H groups in total. The van der Waals surface area contributed by atoms with Crippen molar-refractivity contribution in [3.05, 3.63) is 70.8 Å². The van der Waals surface area contributed by atoms with Gasteiger partial charge in [0.2, 0.25) is 0 Å². The maximum atomic E-state index is 13.2. The molecule has 0 aliphatic rings. The fourth-order valence-corrected chi connectivity index (χ4v) is 3.33. The van der Waals surface area contributed by atoms with Gasteiger partial charge in [-0.05, 0) is 66.8 Å². The summed E-state index contributed by atoms with van der Waals surface area (Å²) in [7, 11) is 0. The molecule has 0 aliphatic heterocycles. The Morgan fingerprint density at radius 2 is 1.38 bits per heavy atom. The van der Waals surface area contributed by atoms with Gasteiger partial charge in [0, 0.05) is 0 Å². The molecule has 4 nitrogen and oxygen atoms in total. The molecule has 0 aromatic heterocycles. The Labute approximate surface area is 193 Å². The van der Waals surface area contributed by atoms with Crippen molar-refractivity contribution in [2.24, 2.45) is 0 Å². The molecular weight excluding hydrogens is 400 g/mol. The molecule has 4 heteroatoms. The minimum absolute atomic E-state index is 0.0198. The van der Waals surface area contributed by atoms with E-state index in [4.69, 9.17) is 9.47 Å². The van der Waals surface area contributed by atoms with Crippen LogP contribution >= 0.6 is 0 Å². The first-order valence-electron chi connectivity index (χ1n) is 11.4. The van der Waals surface area contributed by atoms with Gasteiger partial charge in [-0.1, -0.05) is 71.9 Å². The van der Waals surface area contributed by atoms with E-state index in [9.17, 15) is 9.59 Å². The smallest absolute Gasteiger partial charge is 0.339 e. The third kappa shape index (κ3) is 6.21. The van der Waals surface area contributed by atoms with Crippen LogP contribution in [0.2, 0.25) is 0 Å². The van der Waals surface area contributed by atoms with Crippen LogP contribution in [0, 0.1) is 0 Å². The van der Waals surface area contributed by atoms with Crippen LogP contribution in [-0.4, -0.2) is 24.1 Å². The fourth-order valence-electron chi connectivity index (χ4n) is 3.33. The van der Waals surface area contributed by atoms with Crippen LogP contribution < -0.4 is 0 Å². The van der Waals surface area contributed by atoms with Crippen LogP contribution in [0.4, 0.5) is 0 Å². The van der Waals surface area contributed by atoms with Gasteiger partial charge in [-0.25, -0.2) is 9.59 Å². The van der Waals surface area contributed by atoms with Gasteiger partial charge >= 0.3 is 11.9 Å². The van der Waals surface area contributed by atoms with Crippen molar-refractivity contribution in [2.45, 2.75) is 84.7 Å². The highest BCUT2D eigenvalue weighted by Gasteiger charge is 2.32. The molecule has 174 valence electrons. The lowest BCUT2D eigenvalue weighted by Gasteiger charge is -2.31. The molecule has 0 heterocycles. The largest absolute Gasteiger partial charge is 0.458 e. The molecule has 0 saturated heterocycles. The molecule has 0 aliphatic carbocycles. The summed E-state index contributed by atoms with van der Waals surface area (Å²) in [6, 6.07) is 14.9. The van der Waals surface area contributed by atoms with Crippen molar-refractivity contribution in [2.75, 3.05) is 6.61 Å². The minimum atomic E-state index is -0.962. The number of rotatable bonds is 9. The van der Waals surface area contributed by atoms with Crippen LogP contribution in [0.1, 0.15) is 100 Å². The Hall–Kier alpha value is -2.62. The summed E-state index contributed by atoms with van der Waals surface area (Å²) in [6.07, 6.45) is 1.89. The lowest BCUT2D eigenvalue weighted by molar-refractivity contribution is -0.0371. The molecule has 0 radical (unpaired) electrons. The summed E-state index contributed by atoms with van der Waals surface area (Å²) in [5.74, 6) is -0.836. The standard InChI is InChI=1S/C28H38O4/c1-9-26(3,4)21-16-17-22(23(18-21)27(5,6)10-2)25(30)32-28(7,8)19-31-24(29)20-14-12-11-13-15-20/h11-18H,9-10,19H2,1-8H3. The Kier molecular flexibility index (Phi) is 7.92. The molecule has 0 spiro atoms. The summed E-state index contributed by atoms with van der Waals surface area (Å²) < 4.78 is 11.2. The molecule has 0 unspecified atom stereocenters. The Morgan fingerprint density at radius 3 is 1.94 bits per heavy atom. The number of hydrogen-bond donors (Lipinski definition) is 0. The van der Waals surface area contributed by atoms with Crippen molar-refractivity contribution in [3.63, 3.8) is 0 Å². The van der Waals surface area contributed by atoms with Crippen molar-refractivity contribution in [1.82, 2.24) is 0 Å². The van der Waals surface area contributed by atoms with Crippen LogP contribution in [0.15, 0.2) is 48.5 Å². The van der Waals surface area contributed by atoms with Gasteiger partial charge in [0.1, 0.15) is 12.2 Å². The van der Waals surface area contributed by atoms with Crippen LogP contribution in [0.5, 0.6) is 0 Å². The molecule has 2 aromatic carbocycles. The van der Waals surface area contributed by atoms with E-state index in [0.717, 1.165) is 18.4 Å². The average molecular weight is 439 g/mol. The van der Waals surface area contributed by atoms with Gasteiger partial charge in [-0.15, -0.1) is 0 Å². The maximum Gasteiger partial charge on any atom is 0.339 e. The molecule has 0 atom stereocenters. The number of benzene rings is 2. The first-order valence-corrected chi connectivity index (χ1v) is 11.4. The van der Waals surface area contributed by atoms with E-state index in [2.05, 4.69) is 47.6 Å². The normalized spacial score (nSPS) is 12.4. The predicted molar refractivity (Wildman–Crippen MR) is 129 cm³/mol. The fraction of sp³-hybridized carbons (Fsp3) is 0.500. The first-order chi connectivity index (χ1) is 14.8. The summed E-state index contributed by atoms with van der Waals surface area (Å²) in [5, 5.41) is 0. The van der Waals surface area contributed by atoms with Crippen molar-refractivity contribution in [1.29, 1.82) is 0 Å². The van der Waals surface area contributed by atoms with Crippen molar-refractivity contribution < 1.29 is 19.1 Å². The number of carbonyl (C=O) groups is 2. The zero-order chi connectivity index (χ0) is 24.2. The summed E-state index contributed by atoms with van der Waals surface area (Å²) in [4.78, 5) is 25.5. The van der Waals surface area contributed by atoms with Crippen LogP contribution in [0.25, 0.3) is 0 Å². The lowest BCUT2D eigenvalue weighted by Crippen LogP contribution is -2.35. The van der Waals surface area contributed by atoms with Crippen LogP contribution in [-0.2, 0) is 20.3 Å². The topological polar surface area (TPSA) is 52.6 Å². The average Bonchev–Trinajstić information content (AvgIpc) is 2.77. The number of esters is 2. The SMILES string of the molecule is CCC(C)(C)c1ccc(C(=O)OC(C)(C)COC(=O)c2ccccc2)c(C(C)(C)CC)c1. The second-order valence-electron chi connectivity index (χ2n) is 10.3. The van der Waals surface area contributed by atoms with E-state index in [-0.39, 0.29) is 17.4 Å². The van der Waals surface area contributed by atoms with Gasteiger partial charge in [-0.2, -0.15) is 0 Å². The molecular formula is C28H38O4. The van der Waals surface area contributed by atoms with Gasteiger partial charge in [0.25, 0.3) is 0 Å². The number of hydrogen-bond acceptors (Lipinski definition) is 4. The molecule has 0 saturated carbocycles. The third-order valence-electron chi connectivity index (χ3n) is 6.45. The zero-order valence-corrected chi connectivity index (χ0v) is 20.9.